The van der Waals surface area contributed by atoms with Crippen LogP contribution in [0.3, 0.4) is 0 Å². The van der Waals surface area contributed by atoms with Crippen LogP contribution in [0.4, 0.5) is 20.6 Å². The van der Waals surface area contributed by atoms with E-state index in [0.29, 0.717) is 22.8 Å². The SMILES string of the molecule is CC(C)(C)n1cc(NC(=O)Nc2ccc(Oc3ccnc(-c4cn[nH]c4)c3)cc2F)c(-c2ccc3[nH]cnc3c2)n1. The third-order valence-electron chi connectivity index (χ3n) is 6.29. The molecular formula is C29H26FN9O2. The fraction of sp³-hybridized carbons (Fsp3) is 0.138. The second-order valence-electron chi connectivity index (χ2n) is 10.3. The summed E-state index contributed by atoms with van der Waals surface area (Å²) >= 11 is 0. The Balaban J connectivity index is 1.19. The Labute approximate surface area is 233 Å². The number of pyridine rings is 1. The zero-order valence-electron chi connectivity index (χ0n) is 22.4. The molecule has 6 rings (SSSR count). The average molecular weight is 552 g/mol. The van der Waals surface area contributed by atoms with Crippen LogP contribution >= 0.6 is 0 Å². The Morgan fingerprint density at radius 1 is 0.976 bits per heavy atom. The average Bonchev–Trinajstić information content (AvgIpc) is 3.71. The van der Waals surface area contributed by atoms with E-state index in [0.717, 1.165) is 22.2 Å². The molecule has 0 saturated carbocycles. The van der Waals surface area contributed by atoms with E-state index in [1.165, 1.54) is 12.1 Å². The van der Waals surface area contributed by atoms with Gasteiger partial charge in [0, 0.05) is 41.9 Å². The van der Waals surface area contributed by atoms with Gasteiger partial charge in [-0.05, 0) is 51.1 Å². The summed E-state index contributed by atoms with van der Waals surface area (Å²) in [4.78, 5) is 24.7. The maximum Gasteiger partial charge on any atom is 0.323 e. The Morgan fingerprint density at radius 2 is 1.80 bits per heavy atom. The van der Waals surface area contributed by atoms with E-state index in [1.807, 2.05) is 39.0 Å². The van der Waals surface area contributed by atoms with Crippen LogP contribution in [-0.2, 0) is 5.54 Å². The van der Waals surface area contributed by atoms with Crippen molar-refractivity contribution in [3.05, 3.63) is 85.5 Å². The molecule has 6 aromatic rings. The first kappa shape index (κ1) is 25.7. The number of hydrogen-bond donors (Lipinski definition) is 4. The molecule has 0 atom stereocenters. The minimum Gasteiger partial charge on any atom is -0.457 e. The van der Waals surface area contributed by atoms with Crippen molar-refractivity contribution < 1.29 is 13.9 Å². The fourth-order valence-corrected chi connectivity index (χ4v) is 4.20. The molecule has 2 aromatic carbocycles. The molecule has 0 fully saturated rings. The standard InChI is InChI=1S/C29H26FN9O2/c1-29(2,3)39-15-26(27(38-39)17-4-6-23-25(10-17)33-16-32-23)37-28(40)36-22-7-5-19(11-21(22)30)41-20-8-9-31-24(12-20)18-13-34-35-14-18/h4-16H,1-3H3,(H,32,33)(H,34,35)(H2,36,37,40). The van der Waals surface area contributed by atoms with E-state index in [-0.39, 0.29) is 17.0 Å². The molecule has 0 unspecified atom stereocenters. The van der Waals surface area contributed by atoms with Crippen molar-refractivity contribution >= 4 is 28.4 Å². The third-order valence-corrected chi connectivity index (χ3v) is 6.29. The monoisotopic (exact) mass is 551 g/mol. The molecule has 0 saturated heterocycles. The fourth-order valence-electron chi connectivity index (χ4n) is 4.20. The predicted molar refractivity (Wildman–Crippen MR) is 153 cm³/mol. The molecular weight excluding hydrogens is 525 g/mol. The van der Waals surface area contributed by atoms with Gasteiger partial charge in [0.05, 0.1) is 46.2 Å². The third kappa shape index (κ3) is 5.48. The molecule has 4 aromatic heterocycles. The number of fused-ring (bicyclic) bond motifs is 1. The first-order valence-electron chi connectivity index (χ1n) is 12.8. The van der Waals surface area contributed by atoms with Crippen LogP contribution in [0, 0.1) is 5.82 Å². The summed E-state index contributed by atoms with van der Waals surface area (Å²) in [5.74, 6) is 0.0853. The molecule has 0 aliphatic rings. The van der Waals surface area contributed by atoms with Crippen LogP contribution in [0.25, 0.3) is 33.5 Å². The van der Waals surface area contributed by atoms with Crippen LogP contribution in [-0.4, -0.2) is 41.0 Å². The molecule has 2 amide bonds. The van der Waals surface area contributed by atoms with Crippen molar-refractivity contribution in [3.8, 4) is 34.0 Å². The number of halogens is 1. The van der Waals surface area contributed by atoms with Crippen molar-refractivity contribution in [1.29, 1.82) is 0 Å². The number of urea groups is 1. The van der Waals surface area contributed by atoms with Crippen LogP contribution < -0.4 is 15.4 Å². The van der Waals surface area contributed by atoms with Crippen molar-refractivity contribution in [2.75, 3.05) is 10.6 Å². The number of carbonyl (C=O) groups excluding carboxylic acids is 1. The molecule has 12 heteroatoms. The lowest BCUT2D eigenvalue weighted by atomic mass is 10.1. The number of carbonyl (C=O) groups is 1. The number of benzene rings is 2. The van der Waals surface area contributed by atoms with Gasteiger partial charge in [-0.3, -0.25) is 14.8 Å². The second-order valence-corrected chi connectivity index (χ2v) is 10.3. The molecule has 11 nitrogen and oxygen atoms in total. The minimum atomic E-state index is -0.656. The lowest BCUT2D eigenvalue weighted by molar-refractivity contribution is 0.262. The van der Waals surface area contributed by atoms with Crippen LogP contribution in [0.1, 0.15) is 20.8 Å². The van der Waals surface area contributed by atoms with Crippen molar-refractivity contribution in [1.82, 2.24) is 34.9 Å². The van der Waals surface area contributed by atoms with Crippen LogP contribution in [0.2, 0.25) is 0 Å². The first-order valence-corrected chi connectivity index (χ1v) is 12.8. The number of amides is 2. The van der Waals surface area contributed by atoms with Crippen LogP contribution in [0.5, 0.6) is 11.5 Å². The number of anilines is 2. The smallest absolute Gasteiger partial charge is 0.323 e. The summed E-state index contributed by atoms with van der Waals surface area (Å²) in [6, 6.07) is 12.7. The van der Waals surface area contributed by atoms with Gasteiger partial charge >= 0.3 is 6.03 Å². The highest BCUT2D eigenvalue weighted by atomic mass is 19.1. The molecule has 206 valence electrons. The van der Waals surface area contributed by atoms with E-state index in [9.17, 15) is 4.79 Å². The van der Waals surface area contributed by atoms with Crippen molar-refractivity contribution in [3.63, 3.8) is 0 Å². The maximum atomic E-state index is 15.0. The minimum absolute atomic E-state index is 0.00799. The normalized spacial score (nSPS) is 11.5. The number of hydrogen-bond acceptors (Lipinski definition) is 6. The second kappa shape index (κ2) is 10.2. The molecule has 41 heavy (non-hydrogen) atoms. The Morgan fingerprint density at radius 3 is 2.59 bits per heavy atom. The van der Waals surface area contributed by atoms with E-state index in [4.69, 9.17) is 9.84 Å². The number of imidazole rings is 1. The van der Waals surface area contributed by atoms with E-state index in [1.54, 1.807) is 54.0 Å². The predicted octanol–water partition coefficient (Wildman–Crippen LogP) is 6.54. The van der Waals surface area contributed by atoms with Gasteiger partial charge in [0.1, 0.15) is 23.0 Å². The number of H-pyrrole nitrogens is 2. The van der Waals surface area contributed by atoms with E-state index >= 15 is 4.39 Å². The molecule has 0 aliphatic heterocycles. The molecule has 0 aliphatic carbocycles. The van der Waals surface area contributed by atoms with Gasteiger partial charge in [0.2, 0.25) is 0 Å². The van der Waals surface area contributed by atoms with E-state index in [2.05, 4.69) is 35.8 Å². The van der Waals surface area contributed by atoms with E-state index < -0.39 is 11.8 Å². The topological polar surface area (TPSA) is 138 Å². The first-order chi connectivity index (χ1) is 19.7. The zero-order valence-corrected chi connectivity index (χ0v) is 22.4. The van der Waals surface area contributed by atoms with Gasteiger partial charge in [-0.25, -0.2) is 14.2 Å². The summed E-state index contributed by atoms with van der Waals surface area (Å²) in [5, 5.41) is 16.8. The molecule has 0 bridgehead atoms. The molecule has 0 radical (unpaired) electrons. The lowest BCUT2D eigenvalue weighted by Crippen LogP contribution is -2.22. The zero-order chi connectivity index (χ0) is 28.6. The van der Waals surface area contributed by atoms with Gasteiger partial charge in [0.15, 0.2) is 0 Å². The highest BCUT2D eigenvalue weighted by molar-refractivity contribution is 6.02. The number of aromatic amines is 2. The van der Waals surface area contributed by atoms with Gasteiger partial charge in [-0.2, -0.15) is 10.2 Å². The van der Waals surface area contributed by atoms with Crippen molar-refractivity contribution in [2.45, 2.75) is 26.3 Å². The van der Waals surface area contributed by atoms with Gasteiger partial charge < -0.3 is 20.4 Å². The summed E-state index contributed by atoms with van der Waals surface area (Å²) in [5.41, 5.74) is 4.59. The van der Waals surface area contributed by atoms with Gasteiger partial charge in [0.25, 0.3) is 0 Å². The summed E-state index contributed by atoms with van der Waals surface area (Å²) in [6.45, 7) is 6.02. The number of aromatic nitrogens is 7. The number of nitrogens with zero attached hydrogens (tertiary/aromatic N) is 5. The summed E-state index contributed by atoms with van der Waals surface area (Å²) < 4.78 is 22.6. The Kier molecular flexibility index (Phi) is 6.42. The summed E-state index contributed by atoms with van der Waals surface area (Å²) in [6.07, 6.45) is 8.33. The van der Waals surface area contributed by atoms with Gasteiger partial charge in [-0.1, -0.05) is 6.07 Å². The molecule has 0 spiro atoms. The largest absolute Gasteiger partial charge is 0.457 e. The summed E-state index contributed by atoms with van der Waals surface area (Å²) in [7, 11) is 0. The number of nitrogens with one attached hydrogen (secondary N) is 4. The number of rotatable bonds is 6. The highest BCUT2D eigenvalue weighted by Crippen LogP contribution is 2.32. The maximum absolute atomic E-state index is 15.0. The Bertz CT molecular complexity index is 1850. The lowest BCUT2D eigenvalue weighted by Gasteiger charge is -2.18. The Hall–Kier alpha value is -5.52. The number of ether oxygens (including phenoxy) is 1. The van der Waals surface area contributed by atoms with Crippen molar-refractivity contribution in [2.24, 2.45) is 0 Å². The molecule has 4 N–H and O–H groups in total. The quantitative estimate of drug-likeness (QED) is 0.185. The highest BCUT2D eigenvalue weighted by Gasteiger charge is 2.21. The van der Waals surface area contributed by atoms with Gasteiger partial charge in [-0.15, -0.1) is 0 Å². The molecule has 4 heterocycles. The van der Waals surface area contributed by atoms with Crippen LogP contribution in [0.15, 0.2) is 79.6 Å².